The minimum atomic E-state index is 0.0179. The van der Waals surface area contributed by atoms with Crippen LogP contribution < -0.4 is 10.1 Å². The molecule has 0 saturated carbocycles. The Balaban J connectivity index is 1.19. The van der Waals surface area contributed by atoms with E-state index in [2.05, 4.69) is 94.5 Å². The van der Waals surface area contributed by atoms with Crippen LogP contribution in [0.5, 0.6) is 11.5 Å². The molecule has 1 amide bonds. The molecule has 4 aromatic carbocycles. The summed E-state index contributed by atoms with van der Waals surface area (Å²) in [5.41, 5.74) is 6.66. The van der Waals surface area contributed by atoms with Crippen LogP contribution in [0.15, 0.2) is 103 Å². The van der Waals surface area contributed by atoms with Gasteiger partial charge in [0.05, 0.1) is 12.1 Å². The van der Waals surface area contributed by atoms with Gasteiger partial charge in [0.2, 0.25) is 5.91 Å². The third-order valence-electron chi connectivity index (χ3n) is 9.06. The number of likely N-dealkylation sites (tertiary alicyclic amines) is 1. The molecule has 46 heavy (non-hydrogen) atoms. The Bertz CT molecular complexity index is 1710. The van der Waals surface area contributed by atoms with E-state index in [-0.39, 0.29) is 17.7 Å². The van der Waals surface area contributed by atoms with E-state index < -0.39 is 0 Å². The van der Waals surface area contributed by atoms with Gasteiger partial charge in [-0.3, -0.25) is 9.69 Å². The van der Waals surface area contributed by atoms with Crippen molar-refractivity contribution < 1.29 is 14.6 Å². The number of amides is 1. The molecule has 0 spiro atoms. The Morgan fingerprint density at radius 1 is 0.848 bits per heavy atom. The van der Waals surface area contributed by atoms with E-state index >= 15 is 0 Å². The van der Waals surface area contributed by atoms with Crippen LogP contribution in [-0.2, 0) is 24.2 Å². The lowest BCUT2D eigenvalue weighted by Gasteiger charge is -2.26. The number of piperidine rings is 1. The van der Waals surface area contributed by atoms with Gasteiger partial charge in [0.15, 0.2) is 0 Å². The molecule has 0 aliphatic carbocycles. The number of hydrogen-bond donors (Lipinski definition) is 2. The van der Waals surface area contributed by atoms with E-state index in [0.29, 0.717) is 19.6 Å². The van der Waals surface area contributed by atoms with Crippen molar-refractivity contribution in [1.82, 2.24) is 14.8 Å². The van der Waals surface area contributed by atoms with Crippen LogP contribution in [0.3, 0.4) is 0 Å². The molecule has 2 heterocycles. The van der Waals surface area contributed by atoms with Gasteiger partial charge >= 0.3 is 0 Å². The van der Waals surface area contributed by atoms with Crippen LogP contribution in [-0.4, -0.2) is 52.8 Å². The van der Waals surface area contributed by atoms with Crippen LogP contribution >= 0.6 is 0 Å². The zero-order valence-electron chi connectivity index (χ0n) is 26.8. The number of fused-ring (bicyclic) bond motifs is 1. The number of nitrogens with one attached hydrogen (secondary N) is 1. The van der Waals surface area contributed by atoms with Crippen LogP contribution in [0.2, 0.25) is 0 Å². The van der Waals surface area contributed by atoms with E-state index in [4.69, 9.17) is 4.74 Å². The molecule has 1 fully saturated rings. The Labute approximate surface area is 272 Å². The zero-order valence-corrected chi connectivity index (χ0v) is 26.8. The number of rotatable bonds is 13. The van der Waals surface area contributed by atoms with Gasteiger partial charge in [-0.2, -0.15) is 0 Å². The van der Waals surface area contributed by atoms with Crippen molar-refractivity contribution in [3.63, 3.8) is 0 Å². The lowest BCUT2D eigenvalue weighted by molar-refractivity contribution is -0.121. The van der Waals surface area contributed by atoms with Gasteiger partial charge in [-0.25, -0.2) is 0 Å². The molecule has 1 saturated heterocycles. The molecule has 0 unspecified atom stereocenters. The lowest BCUT2D eigenvalue weighted by atomic mass is 10.0. The number of aryl methyl sites for hydroxylation is 1. The Hall–Kier alpha value is -4.55. The Morgan fingerprint density at radius 2 is 1.54 bits per heavy atom. The molecule has 1 aromatic heterocycles. The van der Waals surface area contributed by atoms with Crippen LogP contribution in [0.4, 0.5) is 0 Å². The zero-order chi connectivity index (χ0) is 31.7. The minimum Gasteiger partial charge on any atom is -0.508 e. The number of aromatic nitrogens is 1. The molecule has 6 heteroatoms. The molecule has 1 aliphatic heterocycles. The fourth-order valence-corrected chi connectivity index (χ4v) is 6.60. The van der Waals surface area contributed by atoms with Crippen molar-refractivity contribution in [2.45, 2.75) is 58.0 Å². The second-order valence-electron chi connectivity index (χ2n) is 12.5. The highest BCUT2D eigenvalue weighted by atomic mass is 16.5. The smallest absolute Gasteiger partial charge is 0.224 e. The van der Waals surface area contributed by atoms with Gasteiger partial charge in [0.25, 0.3) is 0 Å². The number of benzene rings is 4. The molecule has 5 aromatic rings. The predicted octanol–water partition coefficient (Wildman–Crippen LogP) is 7.61. The fourth-order valence-electron chi connectivity index (χ4n) is 6.60. The number of hydrogen-bond acceptors (Lipinski definition) is 4. The van der Waals surface area contributed by atoms with Crippen molar-refractivity contribution in [2.24, 2.45) is 0 Å². The summed E-state index contributed by atoms with van der Waals surface area (Å²) in [5, 5.41) is 13.9. The van der Waals surface area contributed by atoms with Gasteiger partial charge in [-0.05, 0) is 98.3 Å². The monoisotopic (exact) mass is 615 g/mol. The van der Waals surface area contributed by atoms with Crippen molar-refractivity contribution >= 4 is 16.8 Å². The van der Waals surface area contributed by atoms with Gasteiger partial charge in [-0.1, -0.05) is 79.2 Å². The van der Waals surface area contributed by atoms with E-state index in [9.17, 15) is 9.90 Å². The summed E-state index contributed by atoms with van der Waals surface area (Å²) in [6, 6.07) is 34.6. The molecule has 1 aliphatic rings. The molecule has 0 bridgehead atoms. The topological polar surface area (TPSA) is 66.7 Å². The summed E-state index contributed by atoms with van der Waals surface area (Å²) in [6.45, 7) is 6.79. The molecule has 238 valence electrons. The minimum absolute atomic E-state index is 0.0179. The summed E-state index contributed by atoms with van der Waals surface area (Å²) < 4.78 is 8.46. The summed E-state index contributed by atoms with van der Waals surface area (Å²) >= 11 is 0. The number of carbonyl (C=O) groups excluding carboxylic acids is 1. The first kappa shape index (κ1) is 31.4. The van der Waals surface area contributed by atoms with Crippen LogP contribution in [0.1, 0.15) is 49.3 Å². The highest BCUT2D eigenvalue weighted by molar-refractivity contribution is 5.96. The maximum absolute atomic E-state index is 13.5. The fraction of sp³-hybridized carbons (Fsp3) is 0.325. The molecule has 1 atom stereocenters. The molecular formula is C40H45N3O3. The SMILES string of the molecule is C[C@H](CCc1ccc(O)cc1)NC(=O)Cc1c(-c2ccccc2)n(Cc2ccc(OCCN3CCCCC3)cc2)c2ccccc12. The first-order valence-electron chi connectivity index (χ1n) is 16.7. The predicted molar refractivity (Wildman–Crippen MR) is 186 cm³/mol. The largest absolute Gasteiger partial charge is 0.508 e. The van der Waals surface area contributed by atoms with Gasteiger partial charge in [0.1, 0.15) is 18.1 Å². The normalized spacial score (nSPS) is 14.3. The standard InChI is InChI=1S/C40H45N3O3/c1-30(14-15-31-16-20-34(44)21-17-31)41-39(45)28-37-36-12-6-7-13-38(36)43(40(37)33-10-4-2-5-11-33)29-32-18-22-35(23-19-32)46-27-26-42-24-8-3-9-25-42/h2,4-7,10-13,16-23,30,44H,3,8-9,14-15,24-29H2,1H3,(H,41,45)/t30-/m1/s1. The number of nitrogens with zero attached hydrogens (tertiary/aromatic N) is 2. The van der Waals surface area contributed by atoms with Crippen molar-refractivity contribution in [3.05, 3.63) is 120 Å². The summed E-state index contributed by atoms with van der Waals surface area (Å²) in [6.07, 6.45) is 5.88. The second-order valence-corrected chi connectivity index (χ2v) is 12.5. The van der Waals surface area contributed by atoms with Crippen molar-refractivity contribution in [3.8, 4) is 22.8 Å². The number of phenols is 1. The van der Waals surface area contributed by atoms with Crippen LogP contribution in [0, 0.1) is 0 Å². The number of para-hydroxylation sites is 1. The maximum atomic E-state index is 13.5. The van der Waals surface area contributed by atoms with E-state index in [1.54, 1.807) is 12.1 Å². The average molecular weight is 616 g/mol. The highest BCUT2D eigenvalue weighted by Crippen LogP contribution is 2.35. The molecule has 6 nitrogen and oxygen atoms in total. The molecule has 6 rings (SSSR count). The maximum Gasteiger partial charge on any atom is 0.224 e. The number of carbonyl (C=O) groups is 1. The van der Waals surface area contributed by atoms with Crippen molar-refractivity contribution in [1.29, 1.82) is 0 Å². The van der Waals surface area contributed by atoms with Crippen LogP contribution in [0.25, 0.3) is 22.2 Å². The summed E-state index contributed by atoms with van der Waals surface area (Å²) in [4.78, 5) is 16.0. The number of phenolic OH excluding ortho intramolecular Hbond substituents is 1. The Morgan fingerprint density at radius 3 is 2.30 bits per heavy atom. The number of ether oxygens (including phenoxy) is 1. The van der Waals surface area contributed by atoms with E-state index in [0.717, 1.165) is 58.4 Å². The average Bonchev–Trinajstić information content (AvgIpc) is 3.38. The van der Waals surface area contributed by atoms with Gasteiger partial charge in [-0.15, -0.1) is 0 Å². The molecule has 2 N–H and O–H groups in total. The van der Waals surface area contributed by atoms with Crippen molar-refractivity contribution in [2.75, 3.05) is 26.2 Å². The lowest BCUT2D eigenvalue weighted by Crippen LogP contribution is -2.34. The first-order valence-corrected chi connectivity index (χ1v) is 16.7. The highest BCUT2D eigenvalue weighted by Gasteiger charge is 2.21. The third kappa shape index (κ3) is 7.99. The Kier molecular flexibility index (Phi) is 10.4. The van der Waals surface area contributed by atoms with E-state index in [1.165, 1.54) is 37.9 Å². The second kappa shape index (κ2) is 15.2. The quantitative estimate of drug-likeness (QED) is 0.143. The molecule has 0 radical (unpaired) electrons. The van der Waals surface area contributed by atoms with Gasteiger partial charge < -0.3 is 19.7 Å². The third-order valence-corrected chi connectivity index (χ3v) is 9.06. The van der Waals surface area contributed by atoms with E-state index in [1.807, 2.05) is 18.2 Å². The van der Waals surface area contributed by atoms with Gasteiger partial charge in [0, 0.05) is 30.0 Å². The number of aromatic hydroxyl groups is 1. The summed E-state index contributed by atoms with van der Waals surface area (Å²) in [7, 11) is 0. The first-order chi connectivity index (χ1) is 22.5. The molecular weight excluding hydrogens is 570 g/mol. The summed E-state index contributed by atoms with van der Waals surface area (Å²) in [5.74, 6) is 1.19.